The molecule has 7 nitrogen and oxygen atoms in total. The maximum atomic E-state index is 13.6. The number of nitrogens with zero attached hydrogens (tertiary/aromatic N) is 5. The summed E-state index contributed by atoms with van der Waals surface area (Å²) in [5, 5.41) is 0.929. The van der Waals surface area contributed by atoms with Crippen molar-refractivity contribution in [3.8, 4) is 22.6 Å². The largest absolute Gasteiger partial charge is 0.497 e. The number of carbonyl (C=O) groups excluding carboxylic acids is 1. The van der Waals surface area contributed by atoms with E-state index >= 15 is 0 Å². The molecule has 8 heteroatoms. The first kappa shape index (κ1) is 23.7. The molecule has 0 unspecified atom stereocenters. The number of aromatic nitrogens is 3. The maximum absolute atomic E-state index is 13.6. The number of fused-ring (bicyclic) bond motifs is 1. The highest BCUT2D eigenvalue weighted by molar-refractivity contribution is 6.02. The highest BCUT2D eigenvalue weighted by atomic mass is 19.1. The Morgan fingerprint density at radius 1 is 0.868 bits per heavy atom. The first-order valence-corrected chi connectivity index (χ1v) is 12.5. The molecule has 2 aromatic heterocycles. The van der Waals surface area contributed by atoms with E-state index in [2.05, 4.69) is 22.0 Å². The van der Waals surface area contributed by atoms with E-state index in [9.17, 15) is 9.18 Å². The minimum Gasteiger partial charge on any atom is -0.497 e. The van der Waals surface area contributed by atoms with Gasteiger partial charge in [0.1, 0.15) is 23.7 Å². The number of benzene rings is 3. The van der Waals surface area contributed by atoms with E-state index in [-0.39, 0.29) is 11.7 Å². The van der Waals surface area contributed by atoms with Crippen LogP contribution in [0.25, 0.3) is 27.8 Å². The highest BCUT2D eigenvalue weighted by Crippen LogP contribution is 2.37. The summed E-state index contributed by atoms with van der Waals surface area (Å²) in [6, 6.07) is 23.7. The number of ether oxygens (including phenoxy) is 1. The number of methoxy groups -OCH3 is 1. The molecule has 1 amide bonds. The second-order valence-electron chi connectivity index (χ2n) is 9.16. The summed E-state index contributed by atoms with van der Waals surface area (Å²) < 4.78 is 20.8. The summed E-state index contributed by atoms with van der Waals surface area (Å²) in [5.41, 5.74) is 4.25. The predicted molar refractivity (Wildman–Crippen MR) is 145 cm³/mol. The lowest BCUT2D eigenvalue weighted by Crippen LogP contribution is -2.49. The number of halogens is 1. The second-order valence-corrected chi connectivity index (χ2v) is 9.16. The summed E-state index contributed by atoms with van der Waals surface area (Å²) in [5.74, 6) is 1.27. The molecule has 5 aromatic rings. The van der Waals surface area contributed by atoms with Crippen LogP contribution in [0.15, 0.2) is 91.4 Å². The quantitative estimate of drug-likeness (QED) is 0.327. The van der Waals surface area contributed by atoms with Crippen LogP contribution in [0, 0.1) is 5.82 Å². The topological polar surface area (TPSA) is 63.5 Å². The van der Waals surface area contributed by atoms with Crippen LogP contribution >= 0.6 is 0 Å². The van der Waals surface area contributed by atoms with Gasteiger partial charge in [0.05, 0.1) is 12.5 Å². The Morgan fingerprint density at radius 3 is 2.26 bits per heavy atom. The summed E-state index contributed by atoms with van der Waals surface area (Å²) in [6.07, 6.45) is 3.61. The fraction of sp³-hybridized carbons (Fsp3) is 0.167. The smallest absolute Gasteiger partial charge is 0.253 e. The monoisotopic (exact) mass is 507 g/mol. The zero-order valence-electron chi connectivity index (χ0n) is 20.9. The zero-order valence-corrected chi connectivity index (χ0v) is 20.9. The van der Waals surface area contributed by atoms with Gasteiger partial charge in [0.15, 0.2) is 5.65 Å². The van der Waals surface area contributed by atoms with Gasteiger partial charge in [-0.3, -0.25) is 4.79 Å². The van der Waals surface area contributed by atoms with Gasteiger partial charge in [0, 0.05) is 49.2 Å². The first-order valence-electron chi connectivity index (χ1n) is 12.5. The number of hydrogen-bond donors (Lipinski definition) is 0. The molecule has 0 spiro atoms. The van der Waals surface area contributed by atoms with Crippen molar-refractivity contribution in [3.63, 3.8) is 0 Å². The van der Waals surface area contributed by atoms with Crippen LogP contribution in [-0.2, 0) is 0 Å². The Balaban J connectivity index is 1.34. The third-order valence-corrected chi connectivity index (χ3v) is 6.96. The highest BCUT2D eigenvalue weighted by Gasteiger charge is 2.26. The molecule has 6 rings (SSSR count). The van der Waals surface area contributed by atoms with Gasteiger partial charge in [-0.2, -0.15) is 0 Å². The number of rotatable bonds is 5. The van der Waals surface area contributed by atoms with Gasteiger partial charge in [0.25, 0.3) is 5.91 Å². The third-order valence-electron chi connectivity index (χ3n) is 6.96. The van der Waals surface area contributed by atoms with Crippen LogP contribution in [0.2, 0.25) is 0 Å². The molecule has 0 N–H and O–H groups in total. The molecule has 38 heavy (non-hydrogen) atoms. The van der Waals surface area contributed by atoms with E-state index < -0.39 is 0 Å². The average molecular weight is 508 g/mol. The number of piperazine rings is 1. The van der Waals surface area contributed by atoms with E-state index in [1.807, 2.05) is 33.9 Å². The summed E-state index contributed by atoms with van der Waals surface area (Å²) in [7, 11) is 1.61. The zero-order chi connectivity index (χ0) is 26.1. The normalized spacial score (nSPS) is 13.6. The van der Waals surface area contributed by atoms with Gasteiger partial charge in [-0.15, -0.1) is 0 Å². The Bertz CT molecular complexity index is 1580. The van der Waals surface area contributed by atoms with Crippen molar-refractivity contribution >= 4 is 22.8 Å². The van der Waals surface area contributed by atoms with Gasteiger partial charge in [-0.25, -0.2) is 14.4 Å². The van der Waals surface area contributed by atoms with Crippen molar-refractivity contribution in [1.82, 2.24) is 19.4 Å². The molecular formula is C30H26FN5O2. The SMILES string of the molecule is COc1ccc(C(=O)N2CCN(c3ncnc4c3c(-c3ccccc3)cn4-c3ccc(F)cc3)CC2)cc1. The van der Waals surface area contributed by atoms with Crippen molar-refractivity contribution in [3.05, 3.63) is 103 Å². The van der Waals surface area contributed by atoms with Crippen LogP contribution in [0.1, 0.15) is 10.4 Å². The lowest BCUT2D eigenvalue weighted by Gasteiger charge is -2.35. The molecule has 1 fully saturated rings. The molecule has 0 radical (unpaired) electrons. The molecule has 0 saturated carbocycles. The van der Waals surface area contributed by atoms with E-state index in [1.54, 1.807) is 49.8 Å². The van der Waals surface area contributed by atoms with Crippen LogP contribution in [0.3, 0.4) is 0 Å². The van der Waals surface area contributed by atoms with E-state index in [4.69, 9.17) is 9.72 Å². The number of amides is 1. The predicted octanol–water partition coefficient (Wildman–Crippen LogP) is 5.20. The Morgan fingerprint density at radius 2 is 1.58 bits per heavy atom. The molecule has 0 aliphatic carbocycles. The third kappa shape index (κ3) is 4.34. The van der Waals surface area contributed by atoms with Gasteiger partial charge in [-0.05, 0) is 54.1 Å². The van der Waals surface area contributed by atoms with E-state index in [0.29, 0.717) is 31.7 Å². The second kappa shape index (κ2) is 9.97. The molecule has 3 aromatic carbocycles. The molecule has 0 atom stereocenters. The minimum absolute atomic E-state index is 0.00701. The van der Waals surface area contributed by atoms with Gasteiger partial charge in [0.2, 0.25) is 0 Å². The van der Waals surface area contributed by atoms with Gasteiger partial charge < -0.3 is 19.1 Å². The Labute approximate surface area is 219 Å². The van der Waals surface area contributed by atoms with Crippen molar-refractivity contribution in [2.75, 3.05) is 38.2 Å². The lowest BCUT2D eigenvalue weighted by atomic mass is 10.1. The Hall–Kier alpha value is -4.72. The van der Waals surface area contributed by atoms with Gasteiger partial charge in [-0.1, -0.05) is 30.3 Å². The average Bonchev–Trinajstić information content (AvgIpc) is 3.38. The fourth-order valence-electron chi connectivity index (χ4n) is 4.96. The number of anilines is 1. The van der Waals surface area contributed by atoms with Gasteiger partial charge >= 0.3 is 0 Å². The lowest BCUT2D eigenvalue weighted by molar-refractivity contribution is 0.0746. The van der Waals surface area contributed by atoms with E-state index in [1.165, 1.54) is 12.1 Å². The molecule has 1 aliphatic heterocycles. The molecule has 0 bridgehead atoms. The van der Waals surface area contributed by atoms with Crippen molar-refractivity contribution in [1.29, 1.82) is 0 Å². The number of carbonyl (C=O) groups is 1. The molecule has 1 aliphatic rings. The molecule has 190 valence electrons. The molecular weight excluding hydrogens is 481 g/mol. The summed E-state index contributed by atoms with van der Waals surface area (Å²) in [6.45, 7) is 2.44. The summed E-state index contributed by atoms with van der Waals surface area (Å²) >= 11 is 0. The van der Waals surface area contributed by atoms with Crippen molar-refractivity contribution in [2.24, 2.45) is 0 Å². The van der Waals surface area contributed by atoms with Crippen LogP contribution in [0.5, 0.6) is 5.75 Å². The molecule has 3 heterocycles. The number of hydrogen-bond acceptors (Lipinski definition) is 5. The van der Waals surface area contributed by atoms with Crippen LogP contribution in [-0.4, -0.2) is 58.6 Å². The van der Waals surface area contributed by atoms with Crippen LogP contribution in [0.4, 0.5) is 10.2 Å². The summed E-state index contributed by atoms with van der Waals surface area (Å²) in [4.78, 5) is 26.5. The standard InChI is InChI=1S/C30H26FN5O2/c1-38-25-13-7-22(8-14-25)30(37)35-17-15-34(16-18-35)28-27-26(21-5-3-2-4-6-21)19-36(29(27)33-20-32-28)24-11-9-23(31)10-12-24/h2-14,19-20H,15-18H2,1H3. The van der Waals surface area contributed by atoms with E-state index in [0.717, 1.165) is 39.4 Å². The first-order chi connectivity index (χ1) is 18.6. The van der Waals surface area contributed by atoms with Crippen molar-refractivity contribution in [2.45, 2.75) is 0 Å². The van der Waals surface area contributed by atoms with Crippen molar-refractivity contribution < 1.29 is 13.9 Å². The fourth-order valence-corrected chi connectivity index (χ4v) is 4.96. The van der Waals surface area contributed by atoms with Crippen LogP contribution < -0.4 is 9.64 Å². The Kier molecular flexibility index (Phi) is 6.21. The minimum atomic E-state index is -0.286. The molecule has 1 saturated heterocycles. The maximum Gasteiger partial charge on any atom is 0.253 e.